The normalized spacial score (nSPS) is 19.1. The SMILES string of the molecule is CCOC(=O)c1cc(COC(=O)NC2CC3(CNC3)C2)on1. The third-order valence-corrected chi connectivity index (χ3v) is 4.07. The Morgan fingerprint density at radius 3 is 2.86 bits per heavy atom. The van der Waals surface area contributed by atoms with Crippen LogP contribution in [0.25, 0.3) is 0 Å². The number of alkyl carbamates (subject to hydrolysis) is 1. The number of hydrogen-bond donors (Lipinski definition) is 2. The van der Waals surface area contributed by atoms with Crippen LogP contribution in [0, 0.1) is 5.41 Å². The molecule has 0 radical (unpaired) electrons. The van der Waals surface area contributed by atoms with Crippen molar-refractivity contribution < 1.29 is 23.6 Å². The summed E-state index contributed by atoms with van der Waals surface area (Å²) in [6, 6.07) is 1.59. The molecule has 8 heteroatoms. The zero-order chi connectivity index (χ0) is 15.6. The Kier molecular flexibility index (Phi) is 4.02. The van der Waals surface area contributed by atoms with Gasteiger partial charge in [-0.25, -0.2) is 9.59 Å². The van der Waals surface area contributed by atoms with Crippen LogP contribution in [0.15, 0.2) is 10.6 Å². The molecule has 0 atom stereocenters. The summed E-state index contributed by atoms with van der Waals surface area (Å²) in [4.78, 5) is 23.1. The van der Waals surface area contributed by atoms with Crippen LogP contribution >= 0.6 is 0 Å². The molecule has 1 aliphatic heterocycles. The third-order valence-electron chi connectivity index (χ3n) is 4.07. The minimum Gasteiger partial charge on any atom is -0.461 e. The van der Waals surface area contributed by atoms with Crippen molar-refractivity contribution in [2.75, 3.05) is 19.7 Å². The number of nitrogens with zero attached hydrogens (tertiary/aromatic N) is 1. The molecule has 2 heterocycles. The molecule has 3 rings (SSSR count). The molecule has 1 saturated carbocycles. The fourth-order valence-corrected chi connectivity index (χ4v) is 2.88. The van der Waals surface area contributed by atoms with Gasteiger partial charge in [0.15, 0.2) is 18.1 Å². The molecule has 0 bridgehead atoms. The van der Waals surface area contributed by atoms with E-state index in [0.717, 1.165) is 25.9 Å². The van der Waals surface area contributed by atoms with Crippen LogP contribution in [0.3, 0.4) is 0 Å². The zero-order valence-corrected chi connectivity index (χ0v) is 12.4. The minimum atomic E-state index is -0.559. The first-order valence-corrected chi connectivity index (χ1v) is 7.37. The second kappa shape index (κ2) is 5.96. The van der Waals surface area contributed by atoms with Gasteiger partial charge in [0.2, 0.25) is 0 Å². The van der Waals surface area contributed by atoms with Crippen molar-refractivity contribution in [2.45, 2.75) is 32.4 Å². The number of aromatic nitrogens is 1. The van der Waals surface area contributed by atoms with Gasteiger partial charge in [-0.2, -0.15) is 0 Å². The maximum atomic E-state index is 11.7. The Morgan fingerprint density at radius 2 is 2.23 bits per heavy atom. The van der Waals surface area contributed by atoms with E-state index in [1.807, 2.05) is 0 Å². The summed E-state index contributed by atoms with van der Waals surface area (Å²) in [6.07, 6.45) is 1.50. The Labute approximate surface area is 127 Å². The third kappa shape index (κ3) is 3.06. The number of carbonyl (C=O) groups is 2. The van der Waals surface area contributed by atoms with Crippen LogP contribution in [0.4, 0.5) is 4.79 Å². The molecule has 8 nitrogen and oxygen atoms in total. The Bertz CT molecular complexity index is 559. The maximum absolute atomic E-state index is 11.7. The molecular formula is C14H19N3O5. The number of hydrogen-bond acceptors (Lipinski definition) is 7. The number of ether oxygens (including phenoxy) is 2. The van der Waals surface area contributed by atoms with Gasteiger partial charge in [0.25, 0.3) is 0 Å². The van der Waals surface area contributed by atoms with Crippen molar-refractivity contribution in [3.05, 3.63) is 17.5 Å². The van der Waals surface area contributed by atoms with E-state index in [1.165, 1.54) is 6.07 Å². The zero-order valence-electron chi connectivity index (χ0n) is 12.4. The van der Waals surface area contributed by atoms with E-state index in [4.69, 9.17) is 14.0 Å². The summed E-state index contributed by atoms with van der Waals surface area (Å²) in [5.74, 6) is -0.262. The van der Waals surface area contributed by atoms with Gasteiger partial charge in [-0.15, -0.1) is 0 Å². The summed E-state index contributed by atoms with van der Waals surface area (Å²) >= 11 is 0. The van der Waals surface area contributed by atoms with Crippen molar-refractivity contribution >= 4 is 12.1 Å². The smallest absolute Gasteiger partial charge is 0.407 e. The number of carbonyl (C=O) groups excluding carboxylic acids is 2. The first-order valence-electron chi connectivity index (χ1n) is 7.37. The lowest BCUT2D eigenvalue weighted by Crippen LogP contribution is -2.65. The summed E-state index contributed by atoms with van der Waals surface area (Å²) in [6.45, 7) is 3.97. The number of amides is 1. The van der Waals surface area contributed by atoms with Gasteiger partial charge in [0, 0.05) is 25.2 Å². The van der Waals surface area contributed by atoms with Crippen molar-refractivity contribution in [3.63, 3.8) is 0 Å². The fraction of sp³-hybridized carbons (Fsp3) is 0.643. The maximum Gasteiger partial charge on any atom is 0.407 e. The lowest BCUT2D eigenvalue weighted by molar-refractivity contribution is 0.0206. The molecule has 1 amide bonds. The van der Waals surface area contributed by atoms with E-state index in [0.29, 0.717) is 11.2 Å². The second-order valence-corrected chi connectivity index (χ2v) is 5.83. The Balaban J connectivity index is 1.39. The van der Waals surface area contributed by atoms with Crippen LogP contribution in [-0.2, 0) is 16.1 Å². The van der Waals surface area contributed by atoms with Gasteiger partial charge < -0.3 is 24.6 Å². The fourth-order valence-electron chi connectivity index (χ4n) is 2.88. The van der Waals surface area contributed by atoms with Crippen LogP contribution < -0.4 is 10.6 Å². The molecular weight excluding hydrogens is 290 g/mol. The predicted octanol–water partition coefficient (Wildman–Crippen LogP) is 0.830. The molecule has 22 heavy (non-hydrogen) atoms. The van der Waals surface area contributed by atoms with Crippen molar-refractivity contribution in [2.24, 2.45) is 5.41 Å². The molecule has 1 spiro atoms. The molecule has 1 aromatic heterocycles. The lowest BCUT2D eigenvalue weighted by atomic mass is 9.62. The Morgan fingerprint density at radius 1 is 1.45 bits per heavy atom. The van der Waals surface area contributed by atoms with Crippen LogP contribution in [0.2, 0.25) is 0 Å². The van der Waals surface area contributed by atoms with E-state index in [-0.39, 0.29) is 24.9 Å². The van der Waals surface area contributed by atoms with Gasteiger partial charge >= 0.3 is 12.1 Å². The molecule has 2 aliphatic rings. The summed E-state index contributed by atoms with van der Waals surface area (Å²) in [5.41, 5.74) is 0.469. The number of rotatable bonds is 5. The first-order chi connectivity index (χ1) is 10.6. The summed E-state index contributed by atoms with van der Waals surface area (Å²) < 4.78 is 14.8. The highest BCUT2D eigenvalue weighted by molar-refractivity contribution is 5.87. The number of esters is 1. The standard InChI is InChI=1S/C14H19N3O5/c1-2-20-12(18)11-3-10(22-17-11)6-21-13(19)16-9-4-14(5-9)7-15-8-14/h3,9,15H,2,4-8H2,1H3,(H,16,19). The van der Waals surface area contributed by atoms with E-state index in [2.05, 4.69) is 15.8 Å². The number of nitrogens with one attached hydrogen (secondary N) is 2. The molecule has 0 unspecified atom stereocenters. The van der Waals surface area contributed by atoms with Crippen molar-refractivity contribution in [1.29, 1.82) is 0 Å². The van der Waals surface area contributed by atoms with Crippen LogP contribution in [0.1, 0.15) is 36.0 Å². The van der Waals surface area contributed by atoms with Crippen molar-refractivity contribution in [3.8, 4) is 0 Å². The van der Waals surface area contributed by atoms with Crippen molar-refractivity contribution in [1.82, 2.24) is 15.8 Å². The molecule has 1 aromatic rings. The highest BCUT2D eigenvalue weighted by Crippen LogP contribution is 2.44. The molecule has 1 aliphatic carbocycles. The van der Waals surface area contributed by atoms with E-state index in [9.17, 15) is 9.59 Å². The average molecular weight is 309 g/mol. The Hall–Kier alpha value is -2.09. The van der Waals surface area contributed by atoms with Crippen LogP contribution in [0.5, 0.6) is 0 Å². The first kappa shape index (κ1) is 14.8. The van der Waals surface area contributed by atoms with E-state index < -0.39 is 12.1 Å². The second-order valence-electron chi connectivity index (χ2n) is 5.83. The van der Waals surface area contributed by atoms with Gasteiger partial charge in [0.1, 0.15) is 0 Å². The van der Waals surface area contributed by atoms with Crippen LogP contribution in [-0.4, -0.2) is 43.0 Å². The summed E-state index contributed by atoms with van der Waals surface area (Å²) in [5, 5.41) is 9.63. The molecule has 2 N–H and O–H groups in total. The monoisotopic (exact) mass is 309 g/mol. The molecule has 1 saturated heterocycles. The van der Waals surface area contributed by atoms with E-state index in [1.54, 1.807) is 6.92 Å². The lowest BCUT2D eigenvalue weighted by Gasteiger charge is -2.54. The highest BCUT2D eigenvalue weighted by atomic mass is 16.6. The topological polar surface area (TPSA) is 103 Å². The molecule has 120 valence electrons. The molecule has 2 fully saturated rings. The van der Waals surface area contributed by atoms with Gasteiger partial charge in [-0.3, -0.25) is 0 Å². The van der Waals surface area contributed by atoms with E-state index >= 15 is 0 Å². The highest BCUT2D eigenvalue weighted by Gasteiger charge is 2.48. The minimum absolute atomic E-state index is 0.0688. The largest absolute Gasteiger partial charge is 0.461 e. The van der Waals surface area contributed by atoms with Gasteiger partial charge in [-0.05, 0) is 25.2 Å². The average Bonchev–Trinajstić information content (AvgIpc) is 2.87. The molecule has 0 aromatic carbocycles. The summed E-state index contributed by atoms with van der Waals surface area (Å²) in [7, 11) is 0. The predicted molar refractivity (Wildman–Crippen MR) is 74.1 cm³/mol. The quantitative estimate of drug-likeness (QED) is 0.776. The van der Waals surface area contributed by atoms with Gasteiger partial charge in [0.05, 0.1) is 6.61 Å². The van der Waals surface area contributed by atoms with Gasteiger partial charge in [-0.1, -0.05) is 5.16 Å².